The van der Waals surface area contributed by atoms with Crippen LogP contribution in [0.5, 0.6) is 0 Å². The predicted molar refractivity (Wildman–Crippen MR) is 89.6 cm³/mol. The normalized spacial score (nSPS) is 35.4. The van der Waals surface area contributed by atoms with Gasteiger partial charge in [-0.25, -0.2) is 0 Å². The Hall–Kier alpha value is -1.04. The average Bonchev–Trinajstić information content (AvgIpc) is 2.81. The van der Waals surface area contributed by atoms with Gasteiger partial charge in [-0.05, 0) is 60.0 Å². The molecule has 0 aliphatic heterocycles. The number of benzene rings is 1. The SMILES string of the molecule is CC1(C)CC2(CC(C)(C)C3CCCC=C32)c2ccccc21. The van der Waals surface area contributed by atoms with Gasteiger partial charge in [-0.2, -0.15) is 0 Å². The van der Waals surface area contributed by atoms with Gasteiger partial charge in [0.1, 0.15) is 0 Å². The molecule has 0 aromatic heterocycles. The Kier molecular flexibility index (Phi) is 2.61. The molecular formula is C21H28. The molecule has 0 heteroatoms. The van der Waals surface area contributed by atoms with Crippen molar-refractivity contribution in [1.29, 1.82) is 0 Å². The third-order valence-electron chi connectivity index (χ3n) is 6.61. The fraction of sp³-hybridized carbons (Fsp3) is 0.619. The summed E-state index contributed by atoms with van der Waals surface area (Å²) in [7, 11) is 0. The summed E-state index contributed by atoms with van der Waals surface area (Å²) in [6, 6.07) is 9.30. The van der Waals surface area contributed by atoms with Crippen molar-refractivity contribution in [1.82, 2.24) is 0 Å². The van der Waals surface area contributed by atoms with E-state index in [1.54, 1.807) is 16.7 Å². The van der Waals surface area contributed by atoms with Crippen LogP contribution in [0.15, 0.2) is 35.9 Å². The molecule has 1 fully saturated rings. The molecular weight excluding hydrogens is 252 g/mol. The zero-order valence-corrected chi connectivity index (χ0v) is 14.0. The predicted octanol–water partition coefficient (Wildman–Crippen LogP) is 5.76. The maximum absolute atomic E-state index is 2.63. The molecule has 0 radical (unpaired) electrons. The fourth-order valence-electron chi connectivity index (χ4n) is 6.07. The Morgan fingerprint density at radius 1 is 0.952 bits per heavy atom. The topological polar surface area (TPSA) is 0 Å². The molecule has 1 aromatic carbocycles. The summed E-state index contributed by atoms with van der Waals surface area (Å²) < 4.78 is 0. The number of fused-ring (bicyclic) bond motifs is 4. The van der Waals surface area contributed by atoms with Gasteiger partial charge < -0.3 is 0 Å². The van der Waals surface area contributed by atoms with Gasteiger partial charge in [0, 0.05) is 5.41 Å². The summed E-state index contributed by atoms with van der Waals surface area (Å²) in [4.78, 5) is 0. The molecule has 3 aliphatic carbocycles. The molecule has 2 atom stereocenters. The van der Waals surface area contributed by atoms with E-state index in [2.05, 4.69) is 58.0 Å². The number of allylic oxidation sites excluding steroid dienone is 2. The van der Waals surface area contributed by atoms with Crippen LogP contribution in [0.25, 0.3) is 0 Å². The number of rotatable bonds is 0. The zero-order valence-electron chi connectivity index (χ0n) is 14.0. The monoisotopic (exact) mass is 280 g/mol. The highest BCUT2D eigenvalue weighted by Crippen LogP contribution is 2.67. The minimum absolute atomic E-state index is 0.319. The van der Waals surface area contributed by atoms with Gasteiger partial charge in [0.25, 0.3) is 0 Å². The molecule has 0 amide bonds. The lowest BCUT2D eigenvalue weighted by Crippen LogP contribution is -2.26. The molecule has 21 heavy (non-hydrogen) atoms. The van der Waals surface area contributed by atoms with E-state index in [1.165, 1.54) is 32.1 Å². The molecule has 0 heterocycles. The Morgan fingerprint density at radius 3 is 2.43 bits per heavy atom. The second kappa shape index (κ2) is 4.03. The summed E-state index contributed by atoms with van der Waals surface area (Å²) in [6.45, 7) is 9.92. The van der Waals surface area contributed by atoms with Gasteiger partial charge in [-0.1, -0.05) is 63.6 Å². The molecule has 4 rings (SSSR count). The van der Waals surface area contributed by atoms with E-state index < -0.39 is 0 Å². The van der Waals surface area contributed by atoms with Crippen molar-refractivity contribution in [3.63, 3.8) is 0 Å². The molecule has 2 unspecified atom stereocenters. The third kappa shape index (κ3) is 1.68. The standard InChI is InChI=1S/C21H28/c1-19(2)13-21(17-11-7-5-9-15(17)19)14-20(3,4)16-10-6-8-12-18(16)21/h5,7,9,11-12,16H,6,8,10,13-14H2,1-4H3. The smallest absolute Gasteiger partial charge is 0.0181 e. The minimum atomic E-state index is 0.319. The molecule has 0 nitrogen and oxygen atoms in total. The highest BCUT2D eigenvalue weighted by molar-refractivity contribution is 5.54. The van der Waals surface area contributed by atoms with E-state index in [9.17, 15) is 0 Å². The van der Waals surface area contributed by atoms with Gasteiger partial charge in [0.2, 0.25) is 0 Å². The highest BCUT2D eigenvalue weighted by Gasteiger charge is 2.59. The average molecular weight is 280 g/mol. The van der Waals surface area contributed by atoms with Gasteiger partial charge in [-0.3, -0.25) is 0 Å². The summed E-state index contributed by atoms with van der Waals surface area (Å²) in [5, 5.41) is 0. The van der Waals surface area contributed by atoms with Crippen LogP contribution in [0, 0.1) is 11.3 Å². The molecule has 0 bridgehead atoms. The quantitative estimate of drug-likeness (QED) is 0.530. The molecule has 0 saturated heterocycles. The lowest BCUT2D eigenvalue weighted by Gasteiger charge is -2.32. The van der Waals surface area contributed by atoms with Crippen molar-refractivity contribution >= 4 is 0 Å². The van der Waals surface area contributed by atoms with Crippen molar-refractivity contribution in [3.05, 3.63) is 47.0 Å². The summed E-state index contributed by atoms with van der Waals surface area (Å²) in [5.74, 6) is 0.813. The van der Waals surface area contributed by atoms with Crippen LogP contribution < -0.4 is 0 Å². The van der Waals surface area contributed by atoms with Crippen LogP contribution in [-0.4, -0.2) is 0 Å². The van der Waals surface area contributed by atoms with Crippen LogP contribution in [0.4, 0.5) is 0 Å². The van der Waals surface area contributed by atoms with E-state index in [4.69, 9.17) is 0 Å². The molecule has 0 N–H and O–H groups in total. The van der Waals surface area contributed by atoms with Crippen LogP contribution in [0.2, 0.25) is 0 Å². The first-order chi connectivity index (χ1) is 9.87. The van der Waals surface area contributed by atoms with Crippen LogP contribution in [-0.2, 0) is 10.8 Å². The zero-order chi connectivity index (χ0) is 14.9. The first-order valence-electron chi connectivity index (χ1n) is 8.67. The Bertz CT molecular complexity index is 617. The van der Waals surface area contributed by atoms with E-state index in [0.29, 0.717) is 16.2 Å². The van der Waals surface area contributed by atoms with Crippen LogP contribution in [0.3, 0.4) is 0 Å². The van der Waals surface area contributed by atoms with Gasteiger partial charge in [0.05, 0.1) is 0 Å². The van der Waals surface area contributed by atoms with Crippen molar-refractivity contribution in [3.8, 4) is 0 Å². The molecule has 3 aliphatic rings. The molecule has 112 valence electrons. The molecule has 1 aromatic rings. The second-order valence-corrected chi connectivity index (χ2v) is 9.00. The van der Waals surface area contributed by atoms with E-state index >= 15 is 0 Å². The minimum Gasteiger partial charge on any atom is -0.0841 e. The first kappa shape index (κ1) is 13.6. The molecule has 1 saturated carbocycles. The van der Waals surface area contributed by atoms with Gasteiger partial charge >= 0.3 is 0 Å². The lowest BCUT2D eigenvalue weighted by atomic mass is 9.71. The summed E-state index contributed by atoms with van der Waals surface area (Å²) >= 11 is 0. The number of hydrogen-bond donors (Lipinski definition) is 0. The fourth-order valence-corrected chi connectivity index (χ4v) is 6.07. The van der Waals surface area contributed by atoms with Crippen molar-refractivity contribution in [2.75, 3.05) is 0 Å². The Balaban J connectivity index is 1.95. The number of hydrogen-bond acceptors (Lipinski definition) is 0. The highest BCUT2D eigenvalue weighted by atomic mass is 14.6. The third-order valence-corrected chi connectivity index (χ3v) is 6.61. The van der Waals surface area contributed by atoms with Crippen LogP contribution >= 0.6 is 0 Å². The second-order valence-electron chi connectivity index (χ2n) is 9.00. The van der Waals surface area contributed by atoms with Gasteiger partial charge in [-0.15, -0.1) is 0 Å². The molecule has 1 spiro atoms. The largest absolute Gasteiger partial charge is 0.0841 e. The Morgan fingerprint density at radius 2 is 1.67 bits per heavy atom. The van der Waals surface area contributed by atoms with Crippen molar-refractivity contribution in [2.24, 2.45) is 11.3 Å². The van der Waals surface area contributed by atoms with Gasteiger partial charge in [0.15, 0.2) is 0 Å². The van der Waals surface area contributed by atoms with Crippen molar-refractivity contribution < 1.29 is 0 Å². The summed E-state index contributed by atoms with van der Waals surface area (Å²) in [5.41, 5.74) is 6.18. The van der Waals surface area contributed by atoms with Crippen molar-refractivity contribution in [2.45, 2.75) is 70.6 Å². The first-order valence-corrected chi connectivity index (χ1v) is 8.67. The van der Waals surface area contributed by atoms with Crippen LogP contribution in [0.1, 0.15) is 70.9 Å². The van der Waals surface area contributed by atoms with E-state index in [0.717, 1.165) is 5.92 Å². The maximum atomic E-state index is 2.63. The van der Waals surface area contributed by atoms with E-state index in [1.807, 2.05) is 0 Å². The lowest BCUT2D eigenvalue weighted by molar-refractivity contribution is 0.245. The Labute approximate surface area is 129 Å². The summed E-state index contributed by atoms with van der Waals surface area (Å²) in [6.07, 6.45) is 9.37. The maximum Gasteiger partial charge on any atom is 0.0181 e. The van der Waals surface area contributed by atoms with E-state index in [-0.39, 0.29) is 0 Å².